The van der Waals surface area contributed by atoms with E-state index in [0.717, 1.165) is 24.3 Å². The molecule has 6 heteroatoms. The van der Waals surface area contributed by atoms with Crippen molar-refractivity contribution in [2.75, 3.05) is 13.2 Å². The average Bonchev–Trinajstić information content (AvgIpc) is 3.20. The number of ether oxygens (including phenoxy) is 1. The van der Waals surface area contributed by atoms with Gasteiger partial charge in [0, 0.05) is 24.1 Å². The molecule has 0 unspecified atom stereocenters. The standard InChI is InChI=1S/C14H16N2O3S/c17-14(13-5-7-19-15-13)16(9-11-3-1-6-18-11)10-12-4-2-8-20-12/h2,4-5,7-8,11H,1,3,6,9-10H2/t11-/m1/s1. The van der Waals surface area contributed by atoms with Crippen LogP contribution in [0.3, 0.4) is 0 Å². The molecule has 0 aromatic carbocycles. The van der Waals surface area contributed by atoms with Crippen molar-refractivity contribution < 1.29 is 14.1 Å². The molecule has 3 heterocycles. The van der Waals surface area contributed by atoms with E-state index in [4.69, 9.17) is 9.26 Å². The van der Waals surface area contributed by atoms with Crippen molar-refractivity contribution in [3.05, 3.63) is 40.4 Å². The highest BCUT2D eigenvalue weighted by atomic mass is 32.1. The number of rotatable bonds is 5. The third-order valence-electron chi connectivity index (χ3n) is 3.32. The molecule has 1 amide bonds. The number of aromatic nitrogens is 1. The van der Waals surface area contributed by atoms with Gasteiger partial charge in [0.1, 0.15) is 6.26 Å². The summed E-state index contributed by atoms with van der Waals surface area (Å²) in [5.74, 6) is -0.109. The summed E-state index contributed by atoms with van der Waals surface area (Å²) in [6, 6.07) is 5.62. The van der Waals surface area contributed by atoms with Crippen molar-refractivity contribution in [2.45, 2.75) is 25.5 Å². The second-order valence-electron chi connectivity index (χ2n) is 4.78. The molecule has 2 aromatic heterocycles. The SMILES string of the molecule is O=C(c1ccon1)N(Cc1cccs1)C[C@H]1CCCO1. The normalized spacial score (nSPS) is 18.3. The molecule has 0 radical (unpaired) electrons. The van der Waals surface area contributed by atoms with Gasteiger partial charge >= 0.3 is 0 Å². The summed E-state index contributed by atoms with van der Waals surface area (Å²) in [4.78, 5) is 15.4. The van der Waals surface area contributed by atoms with Gasteiger partial charge in [0.15, 0.2) is 5.69 Å². The minimum Gasteiger partial charge on any atom is -0.376 e. The van der Waals surface area contributed by atoms with Crippen molar-refractivity contribution >= 4 is 17.2 Å². The summed E-state index contributed by atoms with van der Waals surface area (Å²) in [5.41, 5.74) is 0.347. The second-order valence-corrected chi connectivity index (χ2v) is 5.82. The summed E-state index contributed by atoms with van der Waals surface area (Å²) in [6.45, 7) is 1.97. The number of amides is 1. The maximum atomic E-state index is 12.5. The van der Waals surface area contributed by atoms with E-state index >= 15 is 0 Å². The summed E-state index contributed by atoms with van der Waals surface area (Å²) < 4.78 is 10.4. The monoisotopic (exact) mass is 292 g/mol. The first-order valence-corrected chi connectivity index (χ1v) is 7.54. The topological polar surface area (TPSA) is 55.6 Å². The van der Waals surface area contributed by atoms with Gasteiger partial charge in [-0.1, -0.05) is 11.2 Å². The van der Waals surface area contributed by atoms with E-state index in [1.54, 1.807) is 22.3 Å². The summed E-state index contributed by atoms with van der Waals surface area (Å²) >= 11 is 1.65. The molecule has 1 saturated heterocycles. The number of carbonyl (C=O) groups excluding carboxylic acids is 1. The fourth-order valence-electron chi connectivity index (χ4n) is 2.33. The third-order valence-corrected chi connectivity index (χ3v) is 4.18. The Morgan fingerprint density at radius 1 is 1.50 bits per heavy atom. The van der Waals surface area contributed by atoms with Crippen LogP contribution >= 0.6 is 11.3 Å². The lowest BCUT2D eigenvalue weighted by molar-refractivity contribution is 0.0502. The smallest absolute Gasteiger partial charge is 0.276 e. The number of thiophene rings is 1. The number of carbonyl (C=O) groups is 1. The third kappa shape index (κ3) is 3.08. The highest BCUT2D eigenvalue weighted by Crippen LogP contribution is 2.18. The summed E-state index contributed by atoms with van der Waals surface area (Å²) in [5, 5.41) is 5.75. The van der Waals surface area contributed by atoms with Crippen LogP contribution in [0, 0.1) is 0 Å². The molecule has 106 valence electrons. The zero-order valence-corrected chi connectivity index (χ0v) is 11.8. The zero-order valence-electron chi connectivity index (χ0n) is 11.0. The van der Waals surface area contributed by atoms with Crippen LogP contribution in [-0.2, 0) is 11.3 Å². The first kappa shape index (κ1) is 13.3. The highest BCUT2D eigenvalue weighted by Gasteiger charge is 2.25. The van der Waals surface area contributed by atoms with Gasteiger partial charge in [-0.3, -0.25) is 4.79 Å². The summed E-state index contributed by atoms with van der Waals surface area (Å²) in [7, 11) is 0. The molecule has 0 saturated carbocycles. The first-order valence-electron chi connectivity index (χ1n) is 6.66. The van der Waals surface area contributed by atoms with Crippen LogP contribution in [0.15, 0.2) is 34.4 Å². The molecule has 3 rings (SSSR count). The van der Waals surface area contributed by atoms with E-state index < -0.39 is 0 Å². The molecule has 1 aliphatic heterocycles. The Kier molecular flexibility index (Phi) is 4.13. The fraction of sp³-hybridized carbons (Fsp3) is 0.429. The Bertz CT molecular complexity index is 533. The van der Waals surface area contributed by atoms with Crippen molar-refractivity contribution in [2.24, 2.45) is 0 Å². The van der Waals surface area contributed by atoms with E-state index in [9.17, 15) is 4.79 Å². The van der Waals surface area contributed by atoms with E-state index in [1.165, 1.54) is 6.26 Å². The average molecular weight is 292 g/mol. The van der Waals surface area contributed by atoms with Gasteiger partial charge < -0.3 is 14.2 Å². The van der Waals surface area contributed by atoms with Crippen molar-refractivity contribution in [3.8, 4) is 0 Å². The van der Waals surface area contributed by atoms with Gasteiger partial charge in [-0.2, -0.15) is 0 Å². The lowest BCUT2D eigenvalue weighted by Crippen LogP contribution is -2.36. The van der Waals surface area contributed by atoms with Crippen LogP contribution in [0.25, 0.3) is 0 Å². The van der Waals surface area contributed by atoms with Crippen molar-refractivity contribution in [1.82, 2.24) is 10.1 Å². The van der Waals surface area contributed by atoms with E-state index in [0.29, 0.717) is 18.8 Å². The first-order chi connectivity index (χ1) is 9.83. The molecule has 2 aromatic rings. The van der Waals surface area contributed by atoms with Gasteiger partial charge in [0.2, 0.25) is 0 Å². The fourth-order valence-corrected chi connectivity index (χ4v) is 3.05. The quantitative estimate of drug-likeness (QED) is 0.850. The second kappa shape index (κ2) is 6.19. The summed E-state index contributed by atoms with van der Waals surface area (Å²) in [6.07, 6.45) is 3.62. The number of hydrogen-bond donors (Lipinski definition) is 0. The van der Waals surface area contributed by atoms with Crippen molar-refractivity contribution in [3.63, 3.8) is 0 Å². The van der Waals surface area contributed by atoms with Crippen LogP contribution < -0.4 is 0 Å². The van der Waals surface area contributed by atoms with Crippen LogP contribution in [0.2, 0.25) is 0 Å². The Morgan fingerprint density at radius 3 is 3.10 bits per heavy atom. The van der Waals surface area contributed by atoms with Gasteiger partial charge in [-0.05, 0) is 24.3 Å². The highest BCUT2D eigenvalue weighted by molar-refractivity contribution is 7.09. The molecule has 0 spiro atoms. The van der Waals surface area contributed by atoms with Crippen molar-refractivity contribution in [1.29, 1.82) is 0 Å². The molecular weight excluding hydrogens is 276 g/mol. The van der Waals surface area contributed by atoms with Crippen LogP contribution in [0.4, 0.5) is 0 Å². The molecule has 5 nitrogen and oxygen atoms in total. The molecule has 0 bridgehead atoms. The predicted octanol–water partition coefficient (Wildman–Crippen LogP) is 2.56. The zero-order chi connectivity index (χ0) is 13.8. The molecule has 1 aliphatic rings. The van der Waals surface area contributed by atoms with E-state index in [1.807, 2.05) is 17.5 Å². The lowest BCUT2D eigenvalue weighted by Gasteiger charge is -2.24. The van der Waals surface area contributed by atoms with Gasteiger partial charge in [0.05, 0.1) is 12.6 Å². The molecule has 20 heavy (non-hydrogen) atoms. The maximum Gasteiger partial charge on any atom is 0.276 e. The largest absolute Gasteiger partial charge is 0.376 e. The van der Waals surface area contributed by atoms with Crippen LogP contribution in [-0.4, -0.2) is 35.2 Å². The number of nitrogens with zero attached hydrogens (tertiary/aromatic N) is 2. The Morgan fingerprint density at radius 2 is 2.45 bits per heavy atom. The van der Waals surface area contributed by atoms with E-state index in [2.05, 4.69) is 5.16 Å². The van der Waals surface area contributed by atoms with Crippen LogP contribution in [0.1, 0.15) is 28.2 Å². The predicted molar refractivity (Wildman–Crippen MR) is 74.5 cm³/mol. The van der Waals surface area contributed by atoms with Gasteiger partial charge in [-0.25, -0.2) is 0 Å². The number of hydrogen-bond acceptors (Lipinski definition) is 5. The van der Waals surface area contributed by atoms with E-state index in [-0.39, 0.29) is 12.0 Å². The lowest BCUT2D eigenvalue weighted by atomic mass is 10.2. The minimum absolute atomic E-state index is 0.109. The minimum atomic E-state index is -0.109. The molecule has 0 N–H and O–H groups in total. The molecule has 0 aliphatic carbocycles. The van der Waals surface area contributed by atoms with Gasteiger partial charge in [-0.15, -0.1) is 11.3 Å². The molecule has 1 atom stereocenters. The van der Waals surface area contributed by atoms with Gasteiger partial charge in [0.25, 0.3) is 5.91 Å². The Labute approximate surface area is 121 Å². The van der Waals surface area contributed by atoms with Crippen LogP contribution in [0.5, 0.6) is 0 Å². The Balaban J connectivity index is 1.73. The maximum absolute atomic E-state index is 12.5. The molecule has 1 fully saturated rings. The Hall–Kier alpha value is -1.66. The molecular formula is C14H16N2O3S.